The monoisotopic (exact) mass is 765 g/mol. The molecule has 2 aromatic heterocycles. The lowest BCUT2D eigenvalue weighted by Crippen LogP contribution is -2.09. The first-order valence-corrected chi connectivity index (χ1v) is 19.9. The molecule has 0 spiro atoms. The fourth-order valence-corrected chi connectivity index (χ4v) is 7.90. The molecule has 6 aromatic carbocycles. The number of nitrogens with zero attached hydrogens (tertiary/aromatic N) is 4. The Bertz CT molecular complexity index is 3040. The van der Waals surface area contributed by atoms with Crippen molar-refractivity contribution in [3.63, 3.8) is 0 Å². The van der Waals surface area contributed by atoms with Gasteiger partial charge in [0.05, 0.1) is 11.0 Å². The van der Waals surface area contributed by atoms with Gasteiger partial charge >= 0.3 is 0 Å². The highest BCUT2D eigenvalue weighted by Gasteiger charge is 2.17. The number of anilines is 2. The van der Waals surface area contributed by atoms with Crippen LogP contribution in [0, 0.1) is 0 Å². The predicted octanol–water partition coefficient (Wildman–Crippen LogP) is 13.9. The molecule has 286 valence electrons. The van der Waals surface area contributed by atoms with Crippen LogP contribution in [0.2, 0.25) is 0 Å². The lowest BCUT2D eigenvalue weighted by molar-refractivity contribution is 0.669. The zero-order valence-electron chi connectivity index (χ0n) is 33.0. The molecule has 1 aliphatic rings. The van der Waals surface area contributed by atoms with E-state index in [-0.39, 0.29) is 0 Å². The Labute approximate surface area is 344 Å². The van der Waals surface area contributed by atoms with Gasteiger partial charge in [0.1, 0.15) is 17.8 Å². The summed E-state index contributed by atoms with van der Waals surface area (Å²) in [5.41, 5.74) is 12.0. The molecule has 59 heavy (non-hydrogen) atoms. The third-order valence-corrected chi connectivity index (χ3v) is 10.9. The van der Waals surface area contributed by atoms with Crippen molar-refractivity contribution < 1.29 is 4.42 Å². The van der Waals surface area contributed by atoms with Crippen molar-refractivity contribution in [3.05, 3.63) is 205 Å². The van der Waals surface area contributed by atoms with Crippen LogP contribution in [0.4, 0.5) is 11.4 Å². The highest BCUT2D eigenvalue weighted by molar-refractivity contribution is 6.15. The molecule has 1 aliphatic carbocycles. The summed E-state index contributed by atoms with van der Waals surface area (Å²) in [4.78, 5) is 14.9. The highest BCUT2D eigenvalue weighted by Crippen LogP contribution is 2.35. The Kier molecular flexibility index (Phi) is 10.4. The number of benzene rings is 6. The molecule has 1 N–H and O–H groups in total. The topological polar surface area (TPSA) is 67.2 Å². The number of hydrogen-bond donors (Lipinski definition) is 1. The first-order chi connectivity index (χ1) is 29.1. The van der Waals surface area contributed by atoms with Gasteiger partial charge in [0.25, 0.3) is 0 Å². The van der Waals surface area contributed by atoms with Gasteiger partial charge in [-0.2, -0.15) is 0 Å². The minimum Gasteiger partial charge on any atom is -0.456 e. The molecule has 0 amide bonds. The summed E-state index contributed by atoms with van der Waals surface area (Å²) in [6, 6.07) is 48.1. The van der Waals surface area contributed by atoms with Gasteiger partial charge in [-0.25, -0.2) is 15.0 Å². The third-order valence-electron chi connectivity index (χ3n) is 10.9. The van der Waals surface area contributed by atoms with Gasteiger partial charge in [0, 0.05) is 50.1 Å². The largest absolute Gasteiger partial charge is 0.456 e. The van der Waals surface area contributed by atoms with Crippen LogP contribution in [0.1, 0.15) is 36.5 Å². The van der Waals surface area contributed by atoms with Crippen molar-refractivity contribution in [2.45, 2.75) is 26.4 Å². The first kappa shape index (κ1) is 37.0. The molecule has 8 aromatic rings. The summed E-state index contributed by atoms with van der Waals surface area (Å²) in [7, 11) is 0. The molecule has 9 rings (SSSR count). The summed E-state index contributed by atoms with van der Waals surface area (Å²) in [5, 5.41) is 7.97. The maximum atomic E-state index is 6.47. The zero-order valence-corrected chi connectivity index (χ0v) is 33.0. The van der Waals surface area contributed by atoms with Crippen molar-refractivity contribution in [1.82, 2.24) is 4.57 Å². The molecule has 0 saturated heterocycles. The Morgan fingerprint density at radius 1 is 0.712 bits per heavy atom. The molecule has 0 unspecified atom stereocenters. The minimum atomic E-state index is 0.368. The molecule has 6 heteroatoms. The molecule has 6 nitrogen and oxygen atoms in total. The Balaban J connectivity index is 1.10. The maximum absolute atomic E-state index is 6.47. The SMILES string of the molecule is C=NC(=NC(=NCn1c2ccccc2c2ccccc21)c1ccc2oc3cc(Nc4ccccc4C(=C)/C=C\C=C/C)ccc3c2c1)C1=CC=C(c2ccccc2)CC1. The molecule has 0 bridgehead atoms. The first-order valence-electron chi connectivity index (χ1n) is 19.9. The van der Waals surface area contributed by atoms with Crippen molar-refractivity contribution >= 4 is 84.7 Å². The fraction of sp³-hybridized carbons (Fsp3) is 0.0755. The van der Waals surface area contributed by atoms with Crippen molar-refractivity contribution in [2.75, 3.05) is 5.32 Å². The van der Waals surface area contributed by atoms with E-state index in [1.165, 1.54) is 21.9 Å². The van der Waals surface area contributed by atoms with E-state index in [1.54, 1.807) is 0 Å². The molecular weight excluding hydrogens is 723 g/mol. The fourth-order valence-electron chi connectivity index (χ4n) is 7.90. The second-order valence-electron chi connectivity index (χ2n) is 14.5. The molecule has 0 aliphatic heterocycles. The number of para-hydroxylation sites is 3. The highest BCUT2D eigenvalue weighted by atomic mass is 16.3. The number of fused-ring (bicyclic) bond motifs is 6. The Hall–Kier alpha value is -7.57. The zero-order chi connectivity index (χ0) is 40.1. The summed E-state index contributed by atoms with van der Waals surface area (Å²) >= 11 is 0. The van der Waals surface area contributed by atoms with Crippen LogP contribution in [0.3, 0.4) is 0 Å². The van der Waals surface area contributed by atoms with Gasteiger partial charge in [-0.1, -0.05) is 128 Å². The Morgan fingerprint density at radius 3 is 2.20 bits per heavy atom. The van der Waals surface area contributed by atoms with Crippen LogP contribution in [0.25, 0.3) is 54.9 Å². The summed E-state index contributed by atoms with van der Waals surface area (Å²) in [6.45, 7) is 10.6. The van der Waals surface area contributed by atoms with Gasteiger partial charge in [-0.05, 0) is 97.3 Å². The molecule has 0 atom stereocenters. The summed E-state index contributed by atoms with van der Waals surface area (Å²) in [5.74, 6) is 1.14. The van der Waals surface area contributed by atoms with Gasteiger partial charge < -0.3 is 14.3 Å². The number of nitrogens with one attached hydrogen (secondary N) is 1. The van der Waals surface area contributed by atoms with Crippen LogP contribution < -0.4 is 5.32 Å². The standard InChI is InChI=1S/C53H43N5O/c1-4-5-7-16-36(2)42-19-10-13-22-47(42)56-41-30-31-45-46-33-40(29-32-50(46)59-51(45)34-41)53(55-35-58-48-23-14-11-20-43(48)44-21-12-15-24-49(44)58)57-52(54-3)39-27-25-38(26-28-39)37-17-8-6-9-18-37/h4-25,27,29-34,56H,2-3,26,28,35H2,1H3/b5-4-,16-7-,55-53?,57-52?. The van der Waals surface area contributed by atoms with Crippen LogP contribution in [0.5, 0.6) is 0 Å². The number of hydrogen-bond acceptors (Lipinski definition) is 3. The number of aromatic nitrogens is 1. The number of rotatable bonds is 10. The molecule has 2 heterocycles. The van der Waals surface area contributed by atoms with E-state index in [0.29, 0.717) is 18.3 Å². The van der Waals surface area contributed by atoms with E-state index in [4.69, 9.17) is 14.4 Å². The van der Waals surface area contributed by atoms with Gasteiger partial charge in [0.2, 0.25) is 0 Å². The van der Waals surface area contributed by atoms with Crippen LogP contribution in [0.15, 0.2) is 208 Å². The molecule has 0 radical (unpaired) electrons. The van der Waals surface area contributed by atoms with Crippen LogP contribution in [-0.2, 0) is 6.67 Å². The van der Waals surface area contributed by atoms with E-state index in [9.17, 15) is 0 Å². The van der Waals surface area contributed by atoms with Crippen molar-refractivity contribution in [2.24, 2.45) is 15.0 Å². The maximum Gasteiger partial charge on any atom is 0.158 e. The van der Waals surface area contributed by atoms with E-state index in [1.807, 2.05) is 67.6 Å². The van der Waals surface area contributed by atoms with E-state index in [0.717, 1.165) is 79.5 Å². The van der Waals surface area contributed by atoms with Gasteiger partial charge in [-0.15, -0.1) is 0 Å². The minimum absolute atomic E-state index is 0.368. The van der Waals surface area contributed by atoms with E-state index >= 15 is 0 Å². The van der Waals surface area contributed by atoms with Crippen molar-refractivity contribution in [3.8, 4) is 0 Å². The summed E-state index contributed by atoms with van der Waals surface area (Å²) in [6.07, 6.45) is 14.0. The van der Waals surface area contributed by atoms with Crippen LogP contribution in [-0.4, -0.2) is 23.0 Å². The number of furan rings is 1. The molecular formula is C53H43N5O. The van der Waals surface area contributed by atoms with Gasteiger partial charge in [-0.3, -0.25) is 0 Å². The third kappa shape index (κ3) is 7.52. The smallest absolute Gasteiger partial charge is 0.158 e. The molecule has 0 saturated carbocycles. The van der Waals surface area contributed by atoms with E-state index in [2.05, 4.69) is 143 Å². The second-order valence-corrected chi connectivity index (χ2v) is 14.5. The average Bonchev–Trinajstić information content (AvgIpc) is 3.81. The Morgan fingerprint density at radius 2 is 1.46 bits per heavy atom. The lowest BCUT2D eigenvalue weighted by Gasteiger charge is -2.15. The average molecular weight is 766 g/mol. The predicted molar refractivity (Wildman–Crippen MR) is 251 cm³/mol. The number of allylic oxidation sites excluding steroid dienone is 8. The number of amidine groups is 2. The second kappa shape index (κ2) is 16.5. The normalized spacial score (nSPS) is 13.8. The van der Waals surface area contributed by atoms with E-state index < -0.39 is 0 Å². The van der Waals surface area contributed by atoms with Gasteiger partial charge in [0.15, 0.2) is 11.7 Å². The molecule has 0 fully saturated rings. The summed E-state index contributed by atoms with van der Waals surface area (Å²) < 4.78 is 8.72. The van der Waals surface area contributed by atoms with Crippen molar-refractivity contribution in [1.29, 1.82) is 0 Å². The van der Waals surface area contributed by atoms with Crippen LogP contribution >= 0.6 is 0 Å². The quantitative estimate of drug-likeness (QED) is 0.0856. The lowest BCUT2D eigenvalue weighted by atomic mass is 9.93. The number of aliphatic imine (C=N–C) groups is 3.